The largest absolute Gasteiger partial charge is 0.492 e. The molecule has 2 rings (SSSR count). The van der Waals surface area contributed by atoms with Crippen LogP contribution in [0.25, 0.3) is 0 Å². The number of nitrogens with zero attached hydrogens (tertiary/aromatic N) is 3. The van der Waals surface area contributed by atoms with Gasteiger partial charge in [0.15, 0.2) is 5.78 Å². The molecule has 5 nitrogen and oxygen atoms in total. The molecule has 0 radical (unpaired) electrons. The predicted octanol–water partition coefficient (Wildman–Crippen LogP) is 1.70. The minimum Gasteiger partial charge on any atom is -0.492 e. The summed E-state index contributed by atoms with van der Waals surface area (Å²) in [6, 6.07) is 4.20. The van der Waals surface area contributed by atoms with Crippen LogP contribution in [-0.4, -0.2) is 27.2 Å². The first kappa shape index (κ1) is 12.2. The molecule has 0 aliphatic rings. The van der Waals surface area contributed by atoms with E-state index < -0.39 is 5.82 Å². The van der Waals surface area contributed by atoms with Crippen molar-refractivity contribution in [2.24, 2.45) is 0 Å². The minimum absolute atomic E-state index is 0.0682. The molecule has 0 saturated heterocycles. The first-order valence-corrected chi connectivity index (χ1v) is 5.42. The van der Waals surface area contributed by atoms with Crippen molar-refractivity contribution >= 4 is 5.78 Å². The third-order valence-corrected chi connectivity index (χ3v) is 2.38. The second kappa shape index (κ2) is 5.39. The number of hydrogen-bond acceptors (Lipinski definition) is 4. The number of ether oxygens (including phenoxy) is 1. The van der Waals surface area contributed by atoms with Gasteiger partial charge in [0.25, 0.3) is 0 Å². The van der Waals surface area contributed by atoms with E-state index >= 15 is 0 Å². The zero-order chi connectivity index (χ0) is 13.0. The lowest BCUT2D eigenvalue weighted by Crippen LogP contribution is -2.09. The second-order valence-corrected chi connectivity index (χ2v) is 3.70. The number of hydrogen-bond donors (Lipinski definition) is 0. The summed E-state index contributed by atoms with van der Waals surface area (Å²) in [5.41, 5.74) is 0.0682. The van der Waals surface area contributed by atoms with Crippen molar-refractivity contribution in [3.63, 3.8) is 0 Å². The topological polar surface area (TPSA) is 57.0 Å². The summed E-state index contributed by atoms with van der Waals surface area (Å²) >= 11 is 0. The van der Waals surface area contributed by atoms with Gasteiger partial charge >= 0.3 is 0 Å². The molecule has 0 aliphatic heterocycles. The van der Waals surface area contributed by atoms with E-state index in [2.05, 4.69) is 10.1 Å². The summed E-state index contributed by atoms with van der Waals surface area (Å²) in [6.07, 6.45) is 3.00. The van der Waals surface area contributed by atoms with Gasteiger partial charge in [-0.05, 0) is 19.1 Å². The number of carbonyl (C=O) groups excluding carboxylic acids is 1. The van der Waals surface area contributed by atoms with Gasteiger partial charge in [0.05, 0.1) is 12.1 Å². The van der Waals surface area contributed by atoms with Crippen molar-refractivity contribution in [2.75, 3.05) is 6.61 Å². The van der Waals surface area contributed by atoms with Crippen LogP contribution in [0.5, 0.6) is 5.75 Å². The van der Waals surface area contributed by atoms with E-state index in [0.29, 0.717) is 18.9 Å². The molecule has 0 unspecified atom stereocenters. The molecule has 6 heteroatoms. The van der Waals surface area contributed by atoms with E-state index in [1.165, 1.54) is 25.4 Å². The monoisotopic (exact) mass is 249 g/mol. The van der Waals surface area contributed by atoms with Crippen molar-refractivity contribution in [3.8, 4) is 5.75 Å². The number of carbonyl (C=O) groups is 1. The minimum atomic E-state index is -0.569. The Morgan fingerprint density at radius 1 is 1.50 bits per heavy atom. The molecule has 0 saturated carbocycles. The van der Waals surface area contributed by atoms with Crippen LogP contribution < -0.4 is 4.74 Å². The molecule has 1 aromatic heterocycles. The van der Waals surface area contributed by atoms with E-state index in [4.69, 9.17) is 4.74 Å². The van der Waals surface area contributed by atoms with E-state index in [1.807, 2.05) is 0 Å². The van der Waals surface area contributed by atoms with E-state index in [1.54, 1.807) is 17.1 Å². The smallest absolute Gasteiger partial charge is 0.162 e. The number of Topliss-reactive ketones (excluding diaryl/α,β-unsaturated/α-hetero) is 1. The summed E-state index contributed by atoms with van der Waals surface area (Å²) < 4.78 is 20.4. The van der Waals surface area contributed by atoms with Crippen LogP contribution in [0.4, 0.5) is 4.39 Å². The van der Waals surface area contributed by atoms with Gasteiger partial charge in [-0.1, -0.05) is 0 Å². The number of ketones is 1. The molecule has 0 fully saturated rings. The van der Waals surface area contributed by atoms with Crippen LogP contribution in [0.3, 0.4) is 0 Å². The summed E-state index contributed by atoms with van der Waals surface area (Å²) in [4.78, 5) is 14.8. The van der Waals surface area contributed by atoms with Crippen molar-refractivity contribution in [3.05, 3.63) is 42.2 Å². The maximum atomic E-state index is 13.5. The predicted molar refractivity (Wildman–Crippen MR) is 61.9 cm³/mol. The number of halogens is 1. The molecular formula is C12H12FN3O2. The summed E-state index contributed by atoms with van der Waals surface area (Å²) in [7, 11) is 0. The zero-order valence-corrected chi connectivity index (χ0v) is 9.84. The number of rotatable bonds is 5. The molecule has 0 N–H and O–H groups in total. The molecule has 0 spiro atoms. The standard InChI is InChI=1S/C12H12FN3O2/c1-9(17)11-3-2-10(6-12(11)13)18-5-4-16-8-14-7-15-16/h2-3,6-8H,4-5H2,1H3. The molecule has 1 heterocycles. The Labute approximate surface area is 103 Å². The maximum Gasteiger partial charge on any atom is 0.162 e. The van der Waals surface area contributed by atoms with Gasteiger partial charge in [0, 0.05) is 6.07 Å². The molecule has 18 heavy (non-hydrogen) atoms. The van der Waals surface area contributed by atoms with Gasteiger partial charge in [-0.25, -0.2) is 14.1 Å². The Morgan fingerprint density at radius 2 is 2.33 bits per heavy atom. The number of benzene rings is 1. The highest BCUT2D eigenvalue weighted by atomic mass is 19.1. The van der Waals surface area contributed by atoms with Gasteiger partial charge in [-0.15, -0.1) is 0 Å². The van der Waals surface area contributed by atoms with Crippen molar-refractivity contribution in [1.82, 2.24) is 14.8 Å². The fourth-order valence-corrected chi connectivity index (χ4v) is 1.48. The molecule has 0 aliphatic carbocycles. The SMILES string of the molecule is CC(=O)c1ccc(OCCn2cncn2)cc1F. The van der Waals surface area contributed by atoms with Crippen molar-refractivity contribution in [2.45, 2.75) is 13.5 Å². The molecule has 94 valence electrons. The highest BCUT2D eigenvalue weighted by Crippen LogP contribution is 2.17. The third-order valence-electron chi connectivity index (χ3n) is 2.38. The van der Waals surface area contributed by atoms with E-state index in [0.717, 1.165) is 0 Å². The Hall–Kier alpha value is -2.24. The third kappa shape index (κ3) is 2.91. The molecule has 2 aromatic rings. The van der Waals surface area contributed by atoms with Crippen molar-refractivity contribution in [1.29, 1.82) is 0 Å². The lowest BCUT2D eigenvalue weighted by atomic mass is 10.1. The second-order valence-electron chi connectivity index (χ2n) is 3.70. The van der Waals surface area contributed by atoms with Crippen LogP contribution in [0.1, 0.15) is 17.3 Å². The highest BCUT2D eigenvalue weighted by molar-refractivity contribution is 5.94. The van der Waals surface area contributed by atoms with Crippen LogP contribution in [0.15, 0.2) is 30.9 Å². The van der Waals surface area contributed by atoms with Crippen LogP contribution in [-0.2, 0) is 6.54 Å². The van der Waals surface area contributed by atoms with Gasteiger partial charge < -0.3 is 4.74 Å². The molecule has 0 amide bonds. The van der Waals surface area contributed by atoms with Crippen LogP contribution in [0.2, 0.25) is 0 Å². The molecule has 0 bridgehead atoms. The van der Waals surface area contributed by atoms with Crippen molar-refractivity contribution < 1.29 is 13.9 Å². The maximum absolute atomic E-state index is 13.5. The molecule has 1 aromatic carbocycles. The summed E-state index contributed by atoms with van der Waals surface area (Å²) in [6.45, 7) is 2.20. The fourth-order valence-electron chi connectivity index (χ4n) is 1.48. The Bertz CT molecular complexity index is 540. The van der Waals surface area contributed by atoms with Gasteiger partial charge in [0.1, 0.15) is 30.8 Å². The average molecular weight is 249 g/mol. The lowest BCUT2D eigenvalue weighted by Gasteiger charge is -2.07. The lowest BCUT2D eigenvalue weighted by molar-refractivity contribution is 0.101. The highest BCUT2D eigenvalue weighted by Gasteiger charge is 2.08. The van der Waals surface area contributed by atoms with Gasteiger partial charge in [0.2, 0.25) is 0 Å². The van der Waals surface area contributed by atoms with Crippen LogP contribution in [0, 0.1) is 5.82 Å². The first-order chi connectivity index (χ1) is 8.66. The average Bonchev–Trinajstić information content (AvgIpc) is 2.81. The molecule has 0 atom stereocenters. The Balaban J connectivity index is 1.94. The fraction of sp³-hybridized carbons (Fsp3) is 0.250. The van der Waals surface area contributed by atoms with Crippen LogP contribution >= 0.6 is 0 Å². The van der Waals surface area contributed by atoms with E-state index in [-0.39, 0.29) is 11.3 Å². The molecular weight excluding hydrogens is 237 g/mol. The Kier molecular flexibility index (Phi) is 3.66. The summed E-state index contributed by atoms with van der Waals surface area (Å²) in [5.74, 6) is -0.486. The quantitative estimate of drug-likeness (QED) is 0.757. The van der Waals surface area contributed by atoms with Gasteiger partial charge in [-0.2, -0.15) is 5.10 Å². The number of aromatic nitrogens is 3. The normalized spacial score (nSPS) is 10.3. The van der Waals surface area contributed by atoms with E-state index in [9.17, 15) is 9.18 Å². The first-order valence-electron chi connectivity index (χ1n) is 5.42. The zero-order valence-electron chi connectivity index (χ0n) is 9.84. The van der Waals surface area contributed by atoms with Gasteiger partial charge in [-0.3, -0.25) is 4.79 Å². The Morgan fingerprint density at radius 3 is 2.94 bits per heavy atom. The summed E-state index contributed by atoms with van der Waals surface area (Å²) in [5, 5.41) is 3.91.